The van der Waals surface area contributed by atoms with Gasteiger partial charge >= 0.3 is 6.03 Å². The minimum Gasteiger partial charge on any atom is -0.492 e. The number of urea groups is 1. The van der Waals surface area contributed by atoms with Crippen LogP contribution in [0, 0.1) is 0 Å². The zero-order valence-corrected chi connectivity index (χ0v) is 11.1. The summed E-state index contributed by atoms with van der Waals surface area (Å²) in [6.07, 6.45) is 1.64. The van der Waals surface area contributed by atoms with Crippen LogP contribution in [0.3, 0.4) is 0 Å². The highest BCUT2D eigenvalue weighted by molar-refractivity contribution is 6.04. The Morgan fingerprint density at radius 1 is 1.40 bits per heavy atom. The predicted molar refractivity (Wildman–Crippen MR) is 73.6 cm³/mol. The lowest BCUT2D eigenvalue weighted by molar-refractivity contribution is 0.202. The zero-order valence-electron chi connectivity index (χ0n) is 11.1. The molecule has 1 aliphatic carbocycles. The highest BCUT2D eigenvalue weighted by Crippen LogP contribution is 2.26. The Bertz CT molecular complexity index is 557. The van der Waals surface area contributed by atoms with Gasteiger partial charge in [-0.3, -0.25) is 0 Å². The molecule has 6 nitrogen and oxygen atoms in total. The normalized spacial score (nSPS) is 19.3. The standard InChI is InChI=1S/C14H17N3O3/c18-14-15-5-6-17(14)7-8-20-11-2-3-12-10(9-11)1-4-13(12)16-19/h2-3,9,19H,1,4-8H2,(H,15,18)/b16-13-. The Morgan fingerprint density at radius 2 is 2.30 bits per heavy atom. The Morgan fingerprint density at radius 3 is 3.05 bits per heavy atom. The minimum atomic E-state index is -0.0219. The first kappa shape index (κ1) is 12.8. The summed E-state index contributed by atoms with van der Waals surface area (Å²) in [5, 5.41) is 14.9. The Kier molecular flexibility index (Phi) is 3.45. The molecule has 6 heteroatoms. The topological polar surface area (TPSA) is 74.2 Å². The largest absolute Gasteiger partial charge is 0.492 e. The fraction of sp³-hybridized carbons (Fsp3) is 0.429. The van der Waals surface area contributed by atoms with Gasteiger partial charge in [0.05, 0.1) is 12.3 Å². The molecule has 2 amide bonds. The zero-order chi connectivity index (χ0) is 13.9. The maximum absolute atomic E-state index is 11.4. The van der Waals surface area contributed by atoms with Crippen LogP contribution in [0.4, 0.5) is 4.79 Å². The summed E-state index contributed by atoms with van der Waals surface area (Å²) in [4.78, 5) is 13.1. The van der Waals surface area contributed by atoms with Crippen molar-refractivity contribution in [2.45, 2.75) is 12.8 Å². The Labute approximate surface area is 117 Å². The molecule has 0 spiro atoms. The van der Waals surface area contributed by atoms with E-state index in [0.717, 1.165) is 42.0 Å². The Hall–Kier alpha value is -2.24. The molecule has 3 rings (SSSR count). The number of hydrogen-bond donors (Lipinski definition) is 2. The molecule has 1 aromatic rings. The number of aryl methyl sites for hydroxylation is 1. The lowest BCUT2D eigenvalue weighted by Gasteiger charge is -2.14. The number of ether oxygens (including phenoxy) is 1. The summed E-state index contributed by atoms with van der Waals surface area (Å²) in [6.45, 7) is 2.52. The second kappa shape index (κ2) is 5.40. The van der Waals surface area contributed by atoms with Gasteiger partial charge in [0.15, 0.2) is 0 Å². The second-order valence-corrected chi connectivity index (χ2v) is 4.93. The van der Waals surface area contributed by atoms with Crippen molar-refractivity contribution in [2.75, 3.05) is 26.2 Å². The first-order chi connectivity index (χ1) is 9.78. The molecule has 0 atom stereocenters. The number of carbonyl (C=O) groups is 1. The molecule has 0 saturated carbocycles. The second-order valence-electron chi connectivity index (χ2n) is 4.93. The fourth-order valence-electron chi connectivity index (χ4n) is 2.64. The van der Waals surface area contributed by atoms with Crippen LogP contribution in [-0.4, -0.2) is 48.1 Å². The summed E-state index contributed by atoms with van der Waals surface area (Å²) in [6, 6.07) is 5.76. The first-order valence-electron chi connectivity index (χ1n) is 6.78. The van der Waals surface area contributed by atoms with Gasteiger partial charge < -0.3 is 20.2 Å². The van der Waals surface area contributed by atoms with E-state index in [2.05, 4.69) is 10.5 Å². The van der Waals surface area contributed by atoms with Gasteiger partial charge in [-0.2, -0.15) is 0 Å². The lowest BCUT2D eigenvalue weighted by Crippen LogP contribution is -2.31. The summed E-state index contributed by atoms with van der Waals surface area (Å²) in [5.74, 6) is 0.794. The van der Waals surface area contributed by atoms with Gasteiger partial charge in [0.25, 0.3) is 0 Å². The van der Waals surface area contributed by atoms with Crippen molar-refractivity contribution in [3.05, 3.63) is 29.3 Å². The molecule has 1 saturated heterocycles. The van der Waals surface area contributed by atoms with Crippen LogP contribution in [0.1, 0.15) is 17.5 Å². The van der Waals surface area contributed by atoms with E-state index < -0.39 is 0 Å². The molecule has 0 aromatic heterocycles. The maximum Gasteiger partial charge on any atom is 0.317 e. The monoisotopic (exact) mass is 275 g/mol. The Balaban J connectivity index is 1.58. The molecule has 2 N–H and O–H groups in total. The number of nitrogens with zero attached hydrogens (tertiary/aromatic N) is 2. The van der Waals surface area contributed by atoms with Crippen LogP contribution >= 0.6 is 0 Å². The van der Waals surface area contributed by atoms with Crippen molar-refractivity contribution in [3.8, 4) is 5.75 Å². The number of nitrogens with one attached hydrogen (secondary N) is 1. The molecule has 1 aromatic carbocycles. The molecule has 1 fully saturated rings. The van der Waals surface area contributed by atoms with Crippen molar-refractivity contribution in [2.24, 2.45) is 5.16 Å². The van der Waals surface area contributed by atoms with E-state index in [4.69, 9.17) is 9.94 Å². The molecular formula is C14H17N3O3. The van der Waals surface area contributed by atoms with E-state index in [1.807, 2.05) is 18.2 Å². The van der Waals surface area contributed by atoms with Crippen molar-refractivity contribution >= 4 is 11.7 Å². The maximum atomic E-state index is 11.4. The van der Waals surface area contributed by atoms with Gasteiger partial charge in [0, 0.05) is 18.7 Å². The van der Waals surface area contributed by atoms with E-state index in [-0.39, 0.29) is 6.03 Å². The molecule has 106 valence electrons. The van der Waals surface area contributed by atoms with Crippen molar-refractivity contribution < 1.29 is 14.7 Å². The third-order valence-corrected chi connectivity index (χ3v) is 3.71. The van der Waals surface area contributed by atoms with Gasteiger partial charge in [0.1, 0.15) is 12.4 Å². The summed E-state index contributed by atoms with van der Waals surface area (Å²) in [7, 11) is 0. The number of oxime groups is 1. The number of amides is 2. The van der Waals surface area contributed by atoms with Crippen LogP contribution < -0.4 is 10.1 Å². The van der Waals surface area contributed by atoms with Crippen LogP contribution in [-0.2, 0) is 6.42 Å². The van der Waals surface area contributed by atoms with E-state index in [1.165, 1.54) is 0 Å². The molecule has 0 bridgehead atoms. The summed E-state index contributed by atoms with van der Waals surface area (Å²) < 4.78 is 5.69. The molecule has 0 radical (unpaired) electrons. The van der Waals surface area contributed by atoms with Crippen LogP contribution in [0.15, 0.2) is 23.4 Å². The predicted octanol–water partition coefficient (Wildman–Crippen LogP) is 1.22. The van der Waals surface area contributed by atoms with Crippen LogP contribution in [0.5, 0.6) is 5.75 Å². The van der Waals surface area contributed by atoms with Crippen LogP contribution in [0.25, 0.3) is 0 Å². The summed E-state index contributed by atoms with van der Waals surface area (Å²) >= 11 is 0. The van der Waals surface area contributed by atoms with Crippen molar-refractivity contribution in [3.63, 3.8) is 0 Å². The molecular weight excluding hydrogens is 258 g/mol. The first-order valence-corrected chi connectivity index (χ1v) is 6.78. The average molecular weight is 275 g/mol. The van der Waals surface area contributed by atoms with Gasteiger partial charge in [-0.1, -0.05) is 5.16 Å². The van der Waals surface area contributed by atoms with Crippen molar-refractivity contribution in [1.29, 1.82) is 0 Å². The third kappa shape index (κ3) is 2.41. The molecule has 1 heterocycles. The quantitative estimate of drug-likeness (QED) is 0.641. The fourth-order valence-corrected chi connectivity index (χ4v) is 2.64. The third-order valence-electron chi connectivity index (χ3n) is 3.71. The minimum absolute atomic E-state index is 0.0219. The SMILES string of the molecule is O=C1NCCN1CCOc1ccc2c(c1)CC/C2=N/O. The average Bonchev–Trinajstić information content (AvgIpc) is 3.05. The van der Waals surface area contributed by atoms with E-state index in [9.17, 15) is 4.79 Å². The highest BCUT2D eigenvalue weighted by Gasteiger charge is 2.20. The number of rotatable bonds is 4. The number of fused-ring (bicyclic) bond motifs is 1. The number of hydrogen-bond acceptors (Lipinski definition) is 4. The number of carbonyl (C=O) groups excluding carboxylic acids is 1. The molecule has 1 aliphatic heterocycles. The summed E-state index contributed by atoms with van der Waals surface area (Å²) in [5.41, 5.74) is 2.88. The van der Waals surface area contributed by atoms with Crippen molar-refractivity contribution in [1.82, 2.24) is 10.2 Å². The van der Waals surface area contributed by atoms with E-state index in [1.54, 1.807) is 4.90 Å². The lowest BCUT2D eigenvalue weighted by atomic mass is 10.1. The van der Waals surface area contributed by atoms with Gasteiger partial charge in [0.2, 0.25) is 0 Å². The van der Waals surface area contributed by atoms with E-state index >= 15 is 0 Å². The highest BCUT2D eigenvalue weighted by atomic mass is 16.5. The molecule has 20 heavy (non-hydrogen) atoms. The van der Waals surface area contributed by atoms with E-state index in [0.29, 0.717) is 19.7 Å². The van der Waals surface area contributed by atoms with Gasteiger partial charge in [-0.05, 0) is 36.6 Å². The smallest absolute Gasteiger partial charge is 0.317 e. The van der Waals surface area contributed by atoms with Gasteiger partial charge in [-0.25, -0.2) is 4.79 Å². The molecule has 2 aliphatic rings. The van der Waals surface area contributed by atoms with Crippen LogP contribution in [0.2, 0.25) is 0 Å². The number of benzene rings is 1. The molecule has 0 unspecified atom stereocenters. The van der Waals surface area contributed by atoms with Gasteiger partial charge in [-0.15, -0.1) is 0 Å².